The molecule has 1 saturated heterocycles. The van der Waals surface area contributed by atoms with Crippen molar-refractivity contribution in [2.24, 2.45) is 5.92 Å². The molecule has 2 heterocycles. The van der Waals surface area contributed by atoms with E-state index in [0.717, 1.165) is 4.70 Å². The van der Waals surface area contributed by atoms with Crippen molar-refractivity contribution in [3.05, 3.63) is 24.3 Å². The highest BCUT2D eigenvalue weighted by molar-refractivity contribution is 7.93. The van der Waals surface area contributed by atoms with E-state index in [9.17, 15) is 13.2 Å². The highest BCUT2D eigenvalue weighted by atomic mass is 32.2. The first kappa shape index (κ1) is 18.1. The largest absolute Gasteiger partial charge is 0.444 e. The van der Waals surface area contributed by atoms with Gasteiger partial charge < -0.3 is 9.64 Å². The Morgan fingerprint density at radius 1 is 1.36 bits per heavy atom. The maximum atomic E-state index is 12.7. The molecule has 2 aromatic rings. The van der Waals surface area contributed by atoms with Crippen LogP contribution >= 0.6 is 11.3 Å². The number of benzene rings is 1. The summed E-state index contributed by atoms with van der Waals surface area (Å²) in [4.78, 5) is 17.9. The molecule has 1 aliphatic rings. The van der Waals surface area contributed by atoms with Gasteiger partial charge in [0.2, 0.25) is 14.2 Å². The molecular formula is C17H22N2O4S2. The van der Waals surface area contributed by atoms with Crippen molar-refractivity contribution in [2.75, 3.05) is 18.8 Å². The second kappa shape index (κ2) is 6.57. The van der Waals surface area contributed by atoms with Gasteiger partial charge in [-0.2, -0.15) is 0 Å². The summed E-state index contributed by atoms with van der Waals surface area (Å²) in [5, 5.41) is 0. The molecule has 0 N–H and O–H groups in total. The second-order valence-corrected chi connectivity index (χ2v) is 10.5. The van der Waals surface area contributed by atoms with Crippen LogP contribution in [0.4, 0.5) is 4.79 Å². The van der Waals surface area contributed by atoms with Crippen LogP contribution in [0.25, 0.3) is 10.2 Å². The number of likely N-dealkylation sites (tertiary alicyclic amines) is 1. The van der Waals surface area contributed by atoms with Crippen LogP contribution in [-0.4, -0.2) is 48.8 Å². The number of hydrogen-bond donors (Lipinski definition) is 0. The first-order chi connectivity index (χ1) is 11.6. The second-order valence-electron chi connectivity index (χ2n) is 7.31. The molecule has 1 amide bonds. The quantitative estimate of drug-likeness (QED) is 0.814. The SMILES string of the molecule is CC(C)(C)OC(=O)N1CCC(CS(=O)(=O)c2nc3ccccc3s2)C1. The number of thiazole rings is 1. The van der Waals surface area contributed by atoms with Crippen molar-refractivity contribution in [1.82, 2.24) is 9.88 Å². The molecule has 0 spiro atoms. The maximum Gasteiger partial charge on any atom is 0.410 e. The lowest BCUT2D eigenvalue weighted by molar-refractivity contribution is 0.0289. The molecule has 0 radical (unpaired) electrons. The molecule has 136 valence electrons. The van der Waals surface area contributed by atoms with Gasteiger partial charge in [0.15, 0.2) is 0 Å². The third-order valence-electron chi connectivity index (χ3n) is 3.93. The Kier molecular flexibility index (Phi) is 4.76. The Hall–Kier alpha value is -1.67. The number of rotatable bonds is 3. The molecule has 8 heteroatoms. The molecule has 1 aromatic carbocycles. The van der Waals surface area contributed by atoms with Crippen LogP contribution in [0.1, 0.15) is 27.2 Å². The number of sulfone groups is 1. The summed E-state index contributed by atoms with van der Waals surface area (Å²) in [7, 11) is -3.46. The van der Waals surface area contributed by atoms with E-state index in [2.05, 4.69) is 4.98 Å². The third kappa shape index (κ3) is 4.30. The maximum absolute atomic E-state index is 12.7. The first-order valence-electron chi connectivity index (χ1n) is 8.20. The number of carbonyl (C=O) groups is 1. The van der Waals surface area contributed by atoms with Crippen molar-refractivity contribution in [3.63, 3.8) is 0 Å². The van der Waals surface area contributed by atoms with Gasteiger partial charge in [-0.15, -0.1) is 11.3 Å². The van der Waals surface area contributed by atoms with E-state index >= 15 is 0 Å². The Labute approximate surface area is 151 Å². The molecule has 1 aliphatic heterocycles. The molecule has 3 rings (SSSR count). The van der Waals surface area contributed by atoms with Crippen molar-refractivity contribution in [3.8, 4) is 0 Å². The summed E-state index contributed by atoms with van der Waals surface area (Å²) in [5.41, 5.74) is 0.148. The van der Waals surface area contributed by atoms with Crippen LogP contribution in [-0.2, 0) is 14.6 Å². The number of para-hydroxylation sites is 1. The van der Waals surface area contributed by atoms with Gasteiger partial charge in [0.05, 0.1) is 16.0 Å². The normalized spacial score (nSPS) is 18.7. The summed E-state index contributed by atoms with van der Waals surface area (Å²) in [6, 6.07) is 7.39. The van der Waals surface area contributed by atoms with Crippen molar-refractivity contribution < 1.29 is 17.9 Å². The van der Waals surface area contributed by atoms with Crippen LogP contribution in [0, 0.1) is 5.92 Å². The number of fused-ring (bicyclic) bond motifs is 1. The molecule has 1 aromatic heterocycles. The fourth-order valence-corrected chi connectivity index (χ4v) is 5.78. The lowest BCUT2D eigenvalue weighted by Gasteiger charge is -2.24. The number of carbonyl (C=O) groups excluding carboxylic acids is 1. The summed E-state index contributed by atoms with van der Waals surface area (Å²) in [6.07, 6.45) is 0.274. The van der Waals surface area contributed by atoms with Crippen LogP contribution < -0.4 is 0 Å². The number of ether oxygens (including phenoxy) is 1. The lowest BCUT2D eigenvalue weighted by atomic mass is 10.2. The zero-order valence-corrected chi connectivity index (χ0v) is 16.2. The molecule has 1 unspecified atom stereocenters. The minimum Gasteiger partial charge on any atom is -0.444 e. The Morgan fingerprint density at radius 2 is 2.08 bits per heavy atom. The van der Waals surface area contributed by atoms with Gasteiger partial charge >= 0.3 is 6.09 Å². The summed E-state index contributed by atoms with van der Waals surface area (Å²) >= 11 is 1.20. The number of aromatic nitrogens is 1. The Bertz CT molecular complexity index is 850. The predicted molar refractivity (Wildman–Crippen MR) is 97.6 cm³/mol. The monoisotopic (exact) mass is 382 g/mol. The molecule has 1 fully saturated rings. The Morgan fingerprint density at radius 3 is 2.76 bits per heavy atom. The smallest absolute Gasteiger partial charge is 0.410 e. The minimum atomic E-state index is -3.46. The van der Waals surface area contributed by atoms with Crippen LogP contribution in [0.3, 0.4) is 0 Å². The van der Waals surface area contributed by atoms with E-state index in [1.54, 1.807) is 4.90 Å². The highest BCUT2D eigenvalue weighted by Gasteiger charge is 2.33. The van der Waals surface area contributed by atoms with Gasteiger partial charge in [-0.3, -0.25) is 0 Å². The lowest BCUT2D eigenvalue weighted by Crippen LogP contribution is -2.35. The first-order valence-corrected chi connectivity index (χ1v) is 10.7. The number of amides is 1. The average Bonchev–Trinajstić information content (AvgIpc) is 3.11. The molecule has 0 aliphatic carbocycles. The van der Waals surface area contributed by atoms with Gasteiger partial charge in [0.1, 0.15) is 5.60 Å². The summed E-state index contributed by atoms with van der Waals surface area (Å²) in [5.74, 6) is -0.0870. The zero-order chi connectivity index (χ0) is 18.2. The van der Waals surface area contributed by atoms with E-state index in [4.69, 9.17) is 4.74 Å². The third-order valence-corrected chi connectivity index (χ3v) is 7.31. The predicted octanol–water partition coefficient (Wildman–Crippen LogP) is 3.33. The van der Waals surface area contributed by atoms with Gasteiger partial charge in [-0.05, 0) is 45.2 Å². The summed E-state index contributed by atoms with van der Waals surface area (Å²) in [6.45, 7) is 6.37. The van der Waals surface area contributed by atoms with Gasteiger partial charge in [-0.25, -0.2) is 18.2 Å². The number of hydrogen-bond acceptors (Lipinski definition) is 6. The van der Waals surface area contributed by atoms with Gasteiger partial charge in [0, 0.05) is 13.1 Å². The topological polar surface area (TPSA) is 76.6 Å². The van der Waals surface area contributed by atoms with Gasteiger partial charge in [0.25, 0.3) is 0 Å². The minimum absolute atomic E-state index is 0.00607. The van der Waals surface area contributed by atoms with E-state index in [1.165, 1.54) is 11.3 Å². The fourth-order valence-electron chi connectivity index (χ4n) is 2.83. The van der Waals surface area contributed by atoms with E-state index in [1.807, 2.05) is 45.0 Å². The Balaban J connectivity index is 1.67. The average molecular weight is 383 g/mol. The van der Waals surface area contributed by atoms with E-state index < -0.39 is 15.4 Å². The molecule has 0 saturated carbocycles. The van der Waals surface area contributed by atoms with E-state index in [0.29, 0.717) is 25.0 Å². The van der Waals surface area contributed by atoms with Crippen LogP contribution in [0.15, 0.2) is 28.6 Å². The number of nitrogens with zero attached hydrogens (tertiary/aromatic N) is 2. The van der Waals surface area contributed by atoms with Crippen molar-refractivity contribution >= 4 is 37.5 Å². The fraction of sp³-hybridized carbons (Fsp3) is 0.529. The highest BCUT2D eigenvalue weighted by Crippen LogP contribution is 2.29. The van der Waals surface area contributed by atoms with Crippen molar-refractivity contribution in [1.29, 1.82) is 0 Å². The summed E-state index contributed by atoms with van der Waals surface area (Å²) < 4.78 is 31.7. The van der Waals surface area contributed by atoms with Crippen LogP contribution in [0.5, 0.6) is 0 Å². The van der Waals surface area contributed by atoms with Crippen LogP contribution in [0.2, 0.25) is 0 Å². The van der Waals surface area contributed by atoms with Gasteiger partial charge in [-0.1, -0.05) is 12.1 Å². The van der Waals surface area contributed by atoms with Crippen molar-refractivity contribution in [2.45, 2.75) is 37.1 Å². The molecule has 1 atom stereocenters. The molecule has 0 bridgehead atoms. The molecule has 25 heavy (non-hydrogen) atoms. The van der Waals surface area contributed by atoms with E-state index in [-0.39, 0.29) is 22.1 Å². The molecular weight excluding hydrogens is 360 g/mol. The molecule has 6 nitrogen and oxygen atoms in total. The zero-order valence-electron chi connectivity index (χ0n) is 14.6. The standard InChI is InChI=1S/C17H22N2O4S2/c1-17(2,3)23-16(20)19-9-8-12(10-19)11-25(21,22)15-18-13-6-4-5-7-14(13)24-15/h4-7,12H,8-11H2,1-3H3.